The third-order valence-corrected chi connectivity index (χ3v) is 12.1. The van der Waals surface area contributed by atoms with Gasteiger partial charge in [0.15, 0.2) is 7.14 Å². The number of hydrogen-bond acceptors (Lipinski definition) is 1. The van der Waals surface area contributed by atoms with Gasteiger partial charge in [0.1, 0.15) is 11.6 Å². The van der Waals surface area contributed by atoms with Gasteiger partial charge in [-0.1, -0.05) is 103 Å². The average Bonchev–Trinajstić information content (AvgIpc) is 3.02. The van der Waals surface area contributed by atoms with E-state index >= 15 is 13.3 Å². The minimum Gasteiger partial charge on any atom is -0.308 e. The Balaban J connectivity index is 1.49. The Kier molecular flexibility index (Phi) is 4.73. The van der Waals surface area contributed by atoms with Crippen molar-refractivity contribution in [3.8, 4) is 0 Å². The summed E-state index contributed by atoms with van der Waals surface area (Å²) in [5.41, 5.74) is 0. The Morgan fingerprint density at radius 2 is 0.714 bits per heavy atom. The van der Waals surface area contributed by atoms with Crippen molar-refractivity contribution in [2.75, 3.05) is 0 Å². The van der Waals surface area contributed by atoms with Crippen LogP contribution in [0, 0.1) is 11.6 Å². The molecule has 0 radical (unpaired) electrons. The molecular formula is C38H21F2OP. The molecule has 1 nitrogen and oxygen atoms in total. The molecule has 0 N–H and O–H groups in total. The van der Waals surface area contributed by atoms with Crippen molar-refractivity contribution < 1.29 is 13.3 Å². The molecule has 9 aromatic rings. The van der Waals surface area contributed by atoms with Gasteiger partial charge < -0.3 is 4.57 Å². The summed E-state index contributed by atoms with van der Waals surface area (Å²) in [7, 11) is -4.12. The monoisotopic (exact) mass is 562 g/mol. The molecule has 0 aliphatic heterocycles. The van der Waals surface area contributed by atoms with Crippen molar-refractivity contribution in [2.45, 2.75) is 0 Å². The smallest absolute Gasteiger partial charge is 0.178 e. The predicted octanol–water partition coefficient (Wildman–Crippen LogP) is 9.40. The first-order chi connectivity index (χ1) is 20.5. The molecule has 0 aliphatic carbocycles. The van der Waals surface area contributed by atoms with Gasteiger partial charge in [-0.15, -0.1) is 0 Å². The second kappa shape index (κ2) is 8.35. The molecule has 0 bridgehead atoms. The van der Waals surface area contributed by atoms with Gasteiger partial charge in [0, 0.05) is 10.6 Å². The van der Waals surface area contributed by atoms with Crippen molar-refractivity contribution in [2.24, 2.45) is 0 Å². The minimum absolute atomic E-state index is 0.380. The van der Waals surface area contributed by atoms with Crippen LogP contribution in [0.5, 0.6) is 0 Å². The Morgan fingerprint density at radius 1 is 0.381 bits per heavy atom. The van der Waals surface area contributed by atoms with E-state index in [-0.39, 0.29) is 5.30 Å². The van der Waals surface area contributed by atoms with Crippen molar-refractivity contribution >= 4 is 87.7 Å². The lowest BCUT2D eigenvalue weighted by Crippen LogP contribution is -2.30. The molecule has 0 atom stereocenters. The van der Waals surface area contributed by atoms with Crippen LogP contribution in [0.1, 0.15) is 0 Å². The second-order valence-corrected chi connectivity index (χ2v) is 13.7. The van der Waals surface area contributed by atoms with Gasteiger partial charge in [0.05, 0.1) is 5.30 Å². The lowest BCUT2D eigenvalue weighted by Gasteiger charge is -2.25. The molecule has 9 aromatic carbocycles. The number of benzene rings is 9. The molecule has 0 amide bonds. The van der Waals surface area contributed by atoms with E-state index < -0.39 is 18.8 Å². The topological polar surface area (TPSA) is 17.1 Å². The molecule has 0 spiro atoms. The average molecular weight is 563 g/mol. The summed E-state index contributed by atoms with van der Waals surface area (Å²) in [5, 5.41) is 12.3. The normalized spacial score (nSPS) is 12.6. The molecule has 0 saturated carbocycles. The van der Waals surface area contributed by atoms with Crippen LogP contribution in [-0.4, -0.2) is 0 Å². The zero-order valence-electron chi connectivity index (χ0n) is 22.2. The third kappa shape index (κ3) is 2.99. The van der Waals surface area contributed by atoms with E-state index in [9.17, 15) is 0 Å². The maximum atomic E-state index is 16.1. The summed E-state index contributed by atoms with van der Waals surface area (Å²) in [6, 6.07) is 39.7. The molecule has 0 heterocycles. The zero-order chi connectivity index (χ0) is 28.2. The molecule has 198 valence electrons. The number of hydrogen-bond donors (Lipinski definition) is 0. The Bertz CT molecular complexity index is 2380. The number of rotatable bonds is 3. The van der Waals surface area contributed by atoms with Crippen LogP contribution in [-0.2, 0) is 4.57 Å². The van der Waals surface area contributed by atoms with Gasteiger partial charge in [0.25, 0.3) is 0 Å². The van der Waals surface area contributed by atoms with Crippen molar-refractivity contribution in [3.63, 3.8) is 0 Å². The van der Waals surface area contributed by atoms with Crippen molar-refractivity contribution in [1.82, 2.24) is 0 Å². The second-order valence-electron chi connectivity index (χ2n) is 11.1. The minimum atomic E-state index is -4.12. The first-order valence-corrected chi connectivity index (χ1v) is 15.6. The summed E-state index contributed by atoms with van der Waals surface area (Å²) < 4.78 is 47.9. The molecule has 0 saturated heterocycles. The van der Waals surface area contributed by atoms with E-state index in [0.29, 0.717) is 10.6 Å². The van der Waals surface area contributed by atoms with Crippen molar-refractivity contribution in [1.29, 1.82) is 0 Å². The van der Waals surface area contributed by atoms with Gasteiger partial charge >= 0.3 is 0 Å². The van der Waals surface area contributed by atoms with Crippen molar-refractivity contribution in [3.05, 3.63) is 139 Å². The quantitative estimate of drug-likeness (QED) is 0.155. The van der Waals surface area contributed by atoms with Crippen LogP contribution in [0.15, 0.2) is 127 Å². The number of halogens is 2. The molecule has 0 fully saturated rings. The molecule has 4 heteroatoms. The lowest BCUT2D eigenvalue weighted by atomic mass is 9.94. The molecular weight excluding hydrogens is 541 g/mol. The molecule has 42 heavy (non-hydrogen) atoms. The summed E-state index contributed by atoms with van der Waals surface area (Å²) in [5.74, 6) is -1.62. The third-order valence-electron chi connectivity index (χ3n) is 8.94. The highest BCUT2D eigenvalue weighted by atomic mass is 31.2. The van der Waals surface area contributed by atoms with Crippen LogP contribution in [0.25, 0.3) is 64.6 Å². The van der Waals surface area contributed by atoms with Gasteiger partial charge in [-0.3, -0.25) is 0 Å². The predicted molar refractivity (Wildman–Crippen MR) is 173 cm³/mol. The fourth-order valence-corrected chi connectivity index (χ4v) is 10.3. The van der Waals surface area contributed by atoms with Crippen LogP contribution in [0.4, 0.5) is 8.78 Å². The molecule has 0 aliphatic rings. The van der Waals surface area contributed by atoms with E-state index in [1.54, 1.807) is 0 Å². The van der Waals surface area contributed by atoms with E-state index in [0.717, 1.165) is 64.6 Å². The van der Waals surface area contributed by atoms with Crippen LogP contribution < -0.4 is 15.9 Å². The van der Waals surface area contributed by atoms with Gasteiger partial charge in [-0.05, 0) is 88.9 Å². The summed E-state index contributed by atoms with van der Waals surface area (Å²) in [6.45, 7) is 0. The first kappa shape index (κ1) is 23.8. The van der Waals surface area contributed by atoms with Crippen LogP contribution >= 0.6 is 7.14 Å². The molecule has 9 rings (SSSR count). The highest BCUT2D eigenvalue weighted by molar-refractivity contribution is 7.86. The highest BCUT2D eigenvalue weighted by Crippen LogP contribution is 2.50. The maximum absolute atomic E-state index is 16.1. The molecule has 0 unspecified atom stereocenters. The maximum Gasteiger partial charge on any atom is 0.178 e. The SMILES string of the molecule is O=P(c1c(F)cccc1F)(c1ccc2ccc3cccc4ccc1c2c34)c1ccc2ccc3cccc4ccc1c2c34. The highest BCUT2D eigenvalue weighted by Gasteiger charge is 2.38. The van der Waals surface area contributed by atoms with Gasteiger partial charge in [-0.25, -0.2) is 8.78 Å². The van der Waals surface area contributed by atoms with E-state index in [2.05, 4.69) is 48.5 Å². The Labute approximate surface area is 239 Å². The zero-order valence-corrected chi connectivity index (χ0v) is 23.1. The Morgan fingerprint density at radius 3 is 1.14 bits per heavy atom. The van der Waals surface area contributed by atoms with E-state index in [4.69, 9.17) is 0 Å². The fourth-order valence-electron chi connectivity index (χ4n) is 7.15. The molecule has 0 aromatic heterocycles. The van der Waals surface area contributed by atoms with Crippen LogP contribution in [0.3, 0.4) is 0 Å². The fraction of sp³-hybridized carbons (Fsp3) is 0. The summed E-state index contributed by atoms with van der Waals surface area (Å²) >= 11 is 0. The van der Waals surface area contributed by atoms with E-state index in [1.165, 1.54) is 18.2 Å². The van der Waals surface area contributed by atoms with Gasteiger partial charge in [0.2, 0.25) is 0 Å². The largest absolute Gasteiger partial charge is 0.308 e. The Hall–Kier alpha value is -4.85. The lowest BCUT2D eigenvalue weighted by molar-refractivity contribution is 0.577. The van der Waals surface area contributed by atoms with Crippen LogP contribution in [0.2, 0.25) is 0 Å². The van der Waals surface area contributed by atoms with Gasteiger partial charge in [-0.2, -0.15) is 0 Å². The first-order valence-electron chi connectivity index (χ1n) is 13.9. The standard InChI is InChI=1S/C38H21F2OP/c39-30-8-3-9-31(40)38(30)42(41,32-20-16-26-12-10-22-4-1-6-24-14-18-28(32)36(26)34(22)24)33-21-17-27-13-11-23-5-2-7-25-15-19-29(33)37(27)35(23)25/h1-21H. The summed E-state index contributed by atoms with van der Waals surface area (Å²) in [4.78, 5) is 0. The van der Waals surface area contributed by atoms with E-state index in [1.807, 2.05) is 60.7 Å². The summed E-state index contributed by atoms with van der Waals surface area (Å²) in [6.07, 6.45) is 0.